The summed E-state index contributed by atoms with van der Waals surface area (Å²) in [5, 5.41) is 9.13. The number of benzene rings is 1. The van der Waals surface area contributed by atoms with Gasteiger partial charge in [-0.25, -0.2) is 0 Å². The summed E-state index contributed by atoms with van der Waals surface area (Å²) in [5.41, 5.74) is 1.27. The highest BCUT2D eigenvalue weighted by Gasteiger charge is 2.29. The number of carbonyl (C=O) groups is 2. The highest BCUT2D eigenvalue weighted by Crippen LogP contribution is 2.30. The van der Waals surface area contributed by atoms with Crippen molar-refractivity contribution >= 4 is 17.5 Å². The maximum absolute atomic E-state index is 12.2. The molecule has 1 aliphatic heterocycles. The highest BCUT2D eigenvalue weighted by atomic mass is 16.2. The summed E-state index contributed by atoms with van der Waals surface area (Å²) in [5.74, 6) is 0.121. The first-order valence-corrected chi connectivity index (χ1v) is 8.34. The SMILES string of the molecule is O=C(NCCN1CCNCC1)c1cccc(NC(=O)C2CC2)c1. The number of piperazine rings is 1. The molecule has 1 saturated heterocycles. The lowest BCUT2D eigenvalue weighted by Crippen LogP contribution is -2.46. The minimum absolute atomic E-state index is 0.0567. The number of hydrogen-bond donors (Lipinski definition) is 3. The average Bonchev–Trinajstić information content (AvgIpc) is 3.41. The number of rotatable bonds is 6. The molecule has 2 fully saturated rings. The fraction of sp³-hybridized carbons (Fsp3) is 0.529. The third-order valence-electron chi connectivity index (χ3n) is 4.26. The van der Waals surface area contributed by atoms with Gasteiger partial charge in [-0.1, -0.05) is 6.07 Å². The summed E-state index contributed by atoms with van der Waals surface area (Å²) >= 11 is 0. The molecule has 0 aromatic heterocycles. The molecule has 3 rings (SSSR count). The number of carbonyl (C=O) groups excluding carboxylic acids is 2. The smallest absolute Gasteiger partial charge is 0.251 e. The number of hydrogen-bond acceptors (Lipinski definition) is 4. The largest absolute Gasteiger partial charge is 0.351 e. The molecular weight excluding hydrogens is 292 g/mol. The van der Waals surface area contributed by atoms with Crippen molar-refractivity contribution in [2.75, 3.05) is 44.6 Å². The first-order valence-electron chi connectivity index (χ1n) is 8.34. The van der Waals surface area contributed by atoms with Crippen LogP contribution < -0.4 is 16.0 Å². The molecule has 0 unspecified atom stereocenters. The molecule has 1 aromatic rings. The van der Waals surface area contributed by atoms with Gasteiger partial charge in [-0.05, 0) is 31.0 Å². The van der Waals surface area contributed by atoms with Crippen LogP contribution in [0.3, 0.4) is 0 Å². The molecule has 0 atom stereocenters. The van der Waals surface area contributed by atoms with E-state index in [2.05, 4.69) is 20.9 Å². The van der Waals surface area contributed by atoms with Gasteiger partial charge in [0.15, 0.2) is 0 Å². The van der Waals surface area contributed by atoms with E-state index in [-0.39, 0.29) is 17.7 Å². The Morgan fingerprint density at radius 1 is 1.22 bits per heavy atom. The summed E-state index contributed by atoms with van der Waals surface area (Å²) in [6.07, 6.45) is 1.94. The van der Waals surface area contributed by atoms with Gasteiger partial charge in [-0.15, -0.1) is 0 Å². The quantitative estimate of drug-likeness (QED) is 0.721. The Morgan fingerprint density at radius 2 is 2.00 bits per heavy atom. The lowest BCUT2D eigenvalue weighted by molar-refractivity contribution is -0.117. The Labute approximate surface area is 136 Å². The highest BCUT2D eigenvalue weighted by molar-refractivity contribution is 5.98. The van der Waals surface area contributed by atoms with Crippen molar-refractivity contribution in [1.29, 1.82) is 0 Å². The summed E-state index contributed by atoms with van der Waals surface area (Å²) in [6, 6.07) is 7.12. The Kier molecular flexibility index (Phi) is 5.25. The fourth-order valence-electron chi connectivity index (χ4n) is 2.69. The van der Waals surface area contributed by atoms with Crippen molar-refractivity contribution in [3.05, 3.63) is 29.8 Å². The molecule has 3 N–H and O–H groups in total. The number of nitrogens with zero attached hydrogens (tertiary/aromatic N) is 1. The molecule has 2 aliphatic rings. The van der Waals surface area contributed by atoms with E-state index in [9.17, 15) is 9.59 Å². The van der Waals surface area contributed by atoms with Crippen molar-refractivity contribution in [3.8, 4) is 0 Å². The molecule has 6 nitrogen and oxygen atoms in total. The van der Waals surface area contributed by atoms with Gasteiger partial charge >= 0.3 is 0 Å². The normalized spacial score (nSPS) is 18.4. The minimum atomic E-state index is -0.0948. The topological polar surface area (TPSA) is 73.5 Å². The Balaban J connectivity index is 1.47. The lowest BCUT2D eigenvalue weighted by atomic mass is 10.2. The van der Waals surface area contributed by atoms with E-state index in [0.717, 1.165) is 45.6 Å². The number of amides is 2. The molecular formula is C17H24N4O2. The summed E-state index contributed by atoms with van der Waals surface area (Å²) in [4.78, 5) is 26.3. The number of anilines is 1. The van der Waals surface area contributed by atoms with Crippen LogP contribution in [0, 0.1) is 5.92 Å². The van der Waals surface area contributed by atoms with Crippen molar-refractivity contribution < 1.29 is 9.59 Å². The zero-order chi connectivity index (χ0) is 16.1. The number of nitrogens with one attached hydrogen (secondary N) is 3. The van der Waals surface area contributed by atoms with E-state index in [1.807, 2.05) is 6.07 Å². The molecule has 23 heavy (non-hydrogen) atoms. The van der Waals surface area contributed by atoms with Crippen LogP contribution in [0.5, 0.6) is 0 Å². The van der Waals surface area contributed by atoms with E-state index in [0.29, 0.717) is 17.8 Å². The molecule has 0 radical (unpaired) electrons. The van der Waals surface area contributed by atoms with Crippen LogP contribution >= 0.6 is 0 Å². The average molecular weight is 316 g/mol. The van der Waals surface area contributed by atoms with E-state index < -0.39 is 0 Å². The van der Waals surface area contributed by atoms with Crippen LogP contribution in [0.2, 0.25) is 0 Å². The Hall–Kier alpha value is -1.92. The van der Waals surface area contributed by atoms with Crippen molar-refractivity contribution in [3.63, 3.8) is 0 Å². The van der Waals surface area contributed by atoms with Crippen LogP contribution in [-0.2, 0) is 4.79 Å². The predicted octanol–water partition coefficient (Wildman–Crippen LogP) is 0.670. The second kappa shape index (κ2) is 7.57. The van der Waals surface area contributed by atoms with Gasteiger partial charge in [0.1, 0.15) is 0 Å². The first kappa shape index (κ1) is 16.0. The van der Waals surface area contributed by atoms with Crippen LogP contribution in [0.1, 0.15) is 23.2 Å². The first-order chi connectivity index (χ1) is 11.2. The van der Waals surface area contributed by atoms with E-state index in [1.54, 1.807) is 18.2 Å². The zero-order valence-electron chi connectivity index (χ0n) is 13.3. The van der Waals surface area contributed by atoms with Crippen molar-refractivity contribution in [1.82, 2.24) is 15.5 Å². The second-order valence-corrected chi connectivity index (χ2v) is 6.19. The van der Waals surface area contributed by atoms with Gasteiger partial charge in [0.05, 0.1) is 0 Å². The van der Waals surface area contributed by atoms with Gasteiger partial charge in [-0.2, -0.15) is 0 Å². The summed E-state index contributed by atoms with van der Waals surface area (Å²) in [6.45, 7) is 5.58. The molecule has 2 amide bonds. The monoisotopic (exact) mass is 316 g/mol. The third kappa shape index (κ3) is 4.77. The van der Waals surface area contributed by atoms with Crippen LogP contribution in [0.15, 0.2) is 24.3 Å². The van der Waals surface area contributed by atoms with Crippen molar-refractivity contribution in [2.45, 2.75) is 12.8 Å². The molecule has 0 spiro atoms. The van der Waals surface area contributed by atoms with Gasteiger partial charge < -0.3 is 16.0 Å². The predicted molar refractivity (Wildman–Crippen MR) is 89.4 cm³/mol. The molecule has 124 valence electrons. The second-order valence-electron chi connectivity index (χ2n) is 6.19. The van der Waals surface area contributed by atoms with Crippen LogP contribution in [-0.4, -0.2) is 56.0 Å². The molecule has 1 aliphatic carbocycles. The van der Waals surface area contributed by atoms with Gasteiger partial charge in [0, 0.05) is 56.4 Å². The van der Waals surface area contributed by atoms with E-state index in [1.165, 1.54) is 0 Å². The zero-order valence-corrected chi connectivity index (χ0v) is 13.3. The van der Waals surface area contributed by atoms with Crippen molar-refractivity contribution in [2.24, 2.45) is 5.92 Å². The van der Waals surface area contributed by atoms with Crippen LogP contribution in [0.4, 0.5) is 5.69 Å². The van der Waals surface area contributed by atoms with E-state index in [4.69, 9.17) is 0 Å². The Morgan fingerprint density at radius 3 is 2.74 bits per heavy atom. The molecule has 1 saturated carbocycles. The fourth-order valence-corrected chi connectivity index (χ4v) is 2.69. The molecule has 1 heterocycles. The third-order valence-corrected chi connectivity index (χ3v) is 4.26. The van der Waals surface area contributed by atoms with Gasteiger partial charge in [0.2, 0.25) is 5.91 Å². The van der Waals surface area contributed by atoms with Gasteiger partial charge in [-0.3, -0.25) is 14.5 Å². The summed E-state index contributed by atoms with van der Waals surface area (Å²) in [7, 11) is 0. The van der Waals surface area contributed by atoms with Crippen LogP contribution in [0.25, 0.3) is 0 Å². The standard InChI is InChI=1S/C17H24N4O2/c22-16(19-8-11-21-9-6-18-7-10-21)14-2-1-3-15(12-14)20-17(23)13-4-5-13/h1-3,12-13,18H,4-11H2,(H,19,22)(H,20,23). The maximum Gasteiger partial charge on any atom is 0.251 e. The molecule has 0 bridgehead atoms. The molecule has 1 aromatic carbocycles. The van der Waals surface area contributed by atoms with E-state index >= 15 is 0 Å². The molecule has 6 heteroatoms. The lowest BCUT2D eigenvalue weighted by Gasteiger charge is -2.27. The summed E-state index contributed by atoms with van der Waals surface area (Å²) < 4.78 is 0. The van der Waals surface area contributed by atoms with Gasteiger partial charge in [0.25, 0.3) is 5.91 Å². The minimum Gasteiger partial charge on any atom is -0.351 e. The maximum atomic E-state index is 12.2. The Bertz CT molecular complexity index is 565.